The summed E-state index contributed by atoms with van der Waals surface area (Å²) in [5.41, 5.74) is 9.30. The van der Waals surface area contributed by atoms with Crippen LogP contribution in [-0.4, -0.2) is 16.5 Å². The number of rotatable bonds is 6. The number of anilines is 3. The Hall–Kier alpha value is -5.44. The Bertz CT molecular complexity index is 2800. The first kappa shape index (κ1) is 34.8. The van der Waals surface area contributed by atoms with Gasteiger partial charge in [-0.25, -0.2) is 4.98 Å². The van der Waals surface area contributed by atoms with Crippen molar-refractivity contribution < 1.29 is 25.2 Å². The maximum Gasteiger partial charge on any atom is 0.135 e. The summed E-state index contributed by atoms with van der Waals surface area (Å²) in [6.45, 7) is 12.5. The Labute approximate surface area is 356 Å². The zero-order valence-electron chi connectivity index (χ0n) is 36.1. The minimum atomic E-state index is -2.38. The van der Waals surface area contributed by atoms with Gasteiger partial charge in [0.15, 0.2) is 0 Å². The van der Waals surface area contributed by atoms with Crippen molar-refractivity contribution in [2.75, 3.05) is 16.8 Å². The summed E-state index contributed by atoms with van der Waals surface area (Å²) in [5.74, 6) is 0.840. The number of benzene rings is 6. The van der Waals surface area contributed by atoms with Gasteiger partial charge in [-0.3, -0.25) is 0 Å². The van der Waals surface area contributed by atoms with Crippen LogP contribution in [0.5, 0.6) is 0 Å². The molecule has 0 bridgehead atoms. The second kappa shape index (κ2) is 14.5. The van der Waals surface area contributed by atoms with Crippen molar-refractivity contribution in [3.8, 4) is 5.82 Å². The van der Waals surface area contributed by atoms with Gasteiger partial charge in [-0.2, -0.15) is 49.1 Å². The van der Waals surface area contributed by atoms with E-state index in [0.717, 1.165) is 66.8 Å². The maximum atomic E-state index is 8.48. The molecule has 9 rings (SSSR count). The second-order valence-corrected chi connectivity index (χ2v) is 16.9. The Balaban J connectivity index is 0.00000499. The number of fused-ring (bicyclic) bond motifs is 4. The maximum absolute atomic E-state index is 8.48. The first-order valence-electron chi connectivity index (χ1n) is 20.8. The molecular weight excluding hydrogens is 876 g/mol. The Morgan fingerprint density at radius 3 is 1.91 bits per heavy atom. The minimum Gasteiger partial charge on any atom is -0.504 e. The van der Waals surface area contributed by atoms with Crippen molar-refractivity contribution in [3.05, 3.63) is 204 Å². The molecule has 3 heterocycles. The zero-order chi connectivity index (χ0) is 41.3. The molecule has 1 aliphatic rings. The van der Waals surface area contributed by atoms with Gasteiger partial charge < -0.3 is 14.4 Å². The third-order valence-corrected chi connectivity index (χ3v) is 11.3. The van der Waals surface area contributed by atoms with Crippen LogP contribution in [0.2, 0.25) is 0 Å². The van der Waals surface area contributed by atoms with E-state index in [0.29, 0.717) is 5.69 Å². The van der Waals surface area contributed by atoms with E-state index >= 15 is 0 Å². The van der Waals surface area contributed by atoms with E-state index in [4.69, 9.17) is 9.10 Å². The van der Waals surface area contributed by atoms with Crippen LogP contribution >= 0.6 is 0 Å². The molecule has 0 fully saturated rings. The average Bonchev–Trinajstić information content (AvgIpc) is 3.78. The van der Waals surface area contributed by atoms with Gasteiger partial charge in [0.2, 0.25) is 0 Å². The third-order valence-electron chi connectivity index (χ3n) is 11.3. The standard InChI is InChI=1S/C52H47N4.Pt/c1-50(2,3)38-26-28-46-48(32-38)55(35-54(46)7)42-22-16-21-40(31-42)52(36-17-10-8-11-18-36,37-19-12-9-13-20-37)41-25-27-44-43-23-14-15-24-45(43)56(47(44)33-41)49-34-39(29-30-53-49)51(4,5)6;/h8-30,32,34-35H,1-7H3;/q-3;/i7D3;. The van der Waals surface area contributed by atoms with E-state index in [2.05, 4.69) is 174 Å². The smallest absolute Gasteiger partial charge is 0.135 e. The number of para-hydroxylation sites is 1. The summed E-state index contributed by atoms with van der Waals surface area (Å²) < 4.78 is 27.7. The summed E-state index contributed by atoms with van der Waals surface area (Å²) in [6, 6.07) is 58.6. The van der Waals surface area contributed by atoms with E-state index in [9.17, 15) is 0 Å². The largest absolute Gasteiger partial charge is 0.504 e. The van der Waals surface area contributed by atoms with Gasteiger partial charge in [0.25, 0.3) is 0 Å². The summed E-state index contributed by atoms with van der Waals surface area (Å²) in [6.07, 6.45) is 1.91. The fourth-order valence-electron chi connectivity index (χ4n) is 8.30. The van der Waals surface area contributed by atoms with E-state index in [1.807, 2.05) is 41.4 Å². The van der Waals surface area contributed by atoms with Crippen LogP contribution in [-0.2, 0) is 37.3 Å². The van der Waals surface area contributed by atoms with Crippen LogP contribution in [0.15, 0.2) is 152 Å². The zero-order valence-corrected chi connectivity index (χ0v) is 35.4. The van der Waals surface area contributed by atoms with Gasteiger partial charge in [-0.05, 0) is 75.8 Å². The number of nitrogens with zero attached hydrogens (tertiary/aromatic N) is 4. The molecule has 8 aromatic rings. The van der Waals surface area contributed by atoms with Gasteiger partial charge in [0.1, 0.15) is 5.82 Å². The van der Waals surface area contributed by atoms with Crippen molar-refractivity contribution in [1.82, 2.24) is 9.55 Å². The molecule has 288 valence electrons. The fourth-order valence-corrected chi connectivity index (χ4v) is 8.30. The van der Waals surface area contributed by atoms with Crippen molar-refractivity contribution in [2.24, 2.45) is 0 Å². The normalized spacial score (nSPS) is 14.2. The molecule has 2 aromatic heterocycles. The van der Waals surface area contributed by atoms with Gasteiger partial charge in [-0.15, -0.1) is 22.2 Å². The molecule has 0 N–H and O–H groups in total. The molecule has 0 radical (unpaired) electrons. The molecule has 0 saturated carbocycles. The average molecular weight is 926 g/mol. The van der Waals surface area contributed by atoms with Crippen molar-refractivity contribution >= 4 is 38.9 Å². The molecule has 0 aliphatic carbocycles. The molecule has 0 amide bonds. The molecule has 4 nitrogen and oxygen atoms in total. The van der Waals surface area contributed by atoms with Crippen LogP contribution in [0.1, 0.15) is 79.0 Å². The van der Waals surface area contributed by atoms with Gasteiger partial charge >= 0.3 is 0 Å². The van der Waals surface area contributed by atoms with Gasteiger partial charge in [0.05, 0.1) is 0 Å². The predicted octanol–water partition coefficient (Wildman–Crippen LogP) is 12.5. The van der Waals surface area contributed by atoms with Gasteiger partial charge in [-0.1, -0.05) is 132 Å². The SMILES string of the molecule is [2H]C([2H])([2H])N1[CH-]N(c2[c-]c(C(c3[c-]c4c(cc3)c3ccccc3n4-c3cc(C(C)(C)C)ccn3)(c3ccccc3)c3ccccc3)ccc2)c2cc(C(C)(C)C)ccc21.[Pt]. The van der Waals surface area contributed by atoms with Crippen LogP contribution < -0.4 is 9.80 Å². The van der Waals surface area contributed by atoms with E-state index in [1.54, 1.807) is 6.67 Å². The second-order valence-electron chi connectivity index (χ2n) is 16.9. The Kier molecular flexibility index (Phi) is 8.84. The minimum absolute atomic E-state index is 0. The molecule has 0 saturated heterocycles. The molecule has 0 atom stereocenters. The topological polar surface area (TPSA) is 24.3 Å². The monoisotopic (exact) mass is 925 g/mol. The van der Waals surface area contributed by atoms with Crippen molar-refractivity contribution in [3.63, 3.8) is 0 Å². The summed E-state index contributed by atoms with van der Waals surface area (Å²) in [4.78, 5) is 8.33. The molecule has 5 heteroatoms. The van der Waals surface area contributed by atoms with Crippen molar-refractivity contribution in [2.45, 2.75) is 57.8 Å². The third kappa shape index (κ3) is 6.49. The molecule has 6 aromatic carbocycles. The van der Waals surface area contributed by atoms with E-state index in [1.165, 1.54) is 10.5 Å². The quantitative estimate of drug-likeness (QED) is 0.123. The molecule has 57 heavy (non-hydrogen) atoms. The first-order valence-corrected chi connectivity index (χ1v) is 19.3. The van der Waals surface area contributed by atoms with E-state index < -0.39 is 12.4 Å². The van der Waals surface area contributed by atoms with Gasteiger partial charge in [0, 0.05) is 53.7 Å². The molecule has 1 aliphatic heterocycles. The fraction of sp³-hybridized carbons (Fsp3) is 0.192. The number of hydrogen-bond donors (Lipinski definition) is 0. The Morgan fingerprint density at radius 2 is 1.23 bits per heavy atom. The molecule has 0 spiro atoms. The summed E-state index contributed by atoms with van der Waals surface area (Å²) in [7, 11) is 0. The summed E-state index contributed by atoms with van der Waals surface area (Å²) >= 11 is 0. The van der Waals surface area contributed by atoms with Crippen molar-refractivity contribution in [1.29, 1.82) is 0 Å². The van der Waals surface area contributed by atoms with Crippen LogP contribution in [0.3, 0.4) is 0 Å². The van der Waals surface area contributed by atoms with Crippen LogP contribution in [0, 0.1) is 18.8 Å². The van der Waals surface area contributed by atoms with E-state index in [-0.39, 0.29) is 31.9 Å². The predicted molar refractivity (Wildman–Crippen MR) is 233 cm³/mol. The number of pyridine rings is 1. The molecule has 0 unspecified atom stereocenters. The van der Waals surface area contributed by atoms with Crippen LogP contribution in [0.4, 0.5) is 17.1 Å². The first-order chi connectivity index (χ1) is 28.2. The summed E-state index contributed by atoms with van der Waals surface area (Å²) in [5, 5.41) is 2.21. The number of aromatic nitrogens is 2. The number of hydrogen-bond acceptors (Lipinski definition) is 3. The molecular formula is C52H47N4Pt-3. The van der Waals surface area contributed by atoms with Crippen LogP contribution in [0.25, 0.3) is 27.6 Å². The Morgan fingerprint density at radius 1 is 0.579 bits per heavy atom.